The molecule has 1 atom stereocenters. The Morgan fingerprint density at radius 1 is 1.24 bits per heavy atom. The Hall–Kier alpha value is -1.93. The van der Waals surface area contributed by atoms with Crippen LogP contribution < -0.4 is 5.32 Å². The quantitative estimate of drug-likeness (QED) is 0.630. The van der Waals surface area contributed by atoms with Crippen LogP contribution in [-0.4, -0.2) is 38.8 Å². The van der Waals surface area contributed by atoms with E-state index in [-0.39, 0.29) is 34.0 Å². The first kappa shape index (κ1) is 21.8. The number of carbonyl (C=O) groups excluding carboxylic acids is 2. The van der Waals surface area contributed by atoms with Gasteiger partial charge in [0.05, 0.1) is 26.4 Å². The van der Waals surface area contributed by atoms with Gasteiger partial charge in [0.2, 0.25) is 11.8 Å². The molecule has 2 amide bonds. The van der Waals surface area contributed by atoms with Crippen LogP contribution >= 0.6 is 46.6 Å². The molecule has 2 aromatic carbocycles. The molecule has 29 heavy (non-hydrogen) atoms. The second-order valence-electron chi connectivity index (χ2n) is 6.07. The van der Waals surface area contributed by atoms with Crippen LogP contribution in [0.3, 0.4) is 0 Å². The van der Waals surface area contributed by atoms with Gasteiger partial charge in [-0.25, -0.2) is 4.99 Å². The normalized spacial score (nSPS) is 18.2. The first-order valence-corrected chi connectivity index (χ1v) is 10.6. The molecule has 1 heterocycles. The SMILES string of the molecule is CCN1C(=O)CC(C(=O)Nc2ccccc2Cl)SC1=Nc1cc(Cl)c(O)c(Cl)c1. The second-order valence-corrected chi connectivity index (χ2v) is 8.46. The molecule has 0 saturated carbocycles. The predicted octanol–water partition coefficient (Wildman–Crippen LogP) is 5.33. The van der Waals surface area contributed by atoms with E-state index in [1.54, 1.807) is 24.3 Å². The third-order valence-corrected chi connectivity index (χ3v) is 6.20. The summed E-state index contributed by atoms with van der Waals surface area (Å²) in [7, 11) is 0. The van der Waals surface area contributed by atoms with Gasteiger partial charge in [-0.15, -0.1) is 0 Å². The molecular weight excluding hydrogens is 457 g/mol. The molecule has 1 aliphatic heterocycles. The van der Waals surface area contributed by atoms with E-state index in [0.29, 0.717) is 28.1 Å². The minimum Gasteiger partial charge on any atom is -0.505 e. The number of aliphatic imine (C=N–C) groups is 1. The Kier molecular flexibility index (Phi) is 6.95. The topological polar surface area (TPSA) is 82.0 Å². The Balaban J connectivity index is 1.87. The number of aromatic hydroxyl groups is 1. The highest BCUT2D eigenvalue weighted by Gasteiger charge is 2.35. The number of nitrogens with one attached hydrogen (secondary N) is 1. The highest BCUT2D eigenvalue weighted by Crippen LogP contribution is 2.37. The molecule has 10 heteroatoms. The van der Waals surface area contributed by atoms with Crippen molar-refractivity contribution < 1.29 is 14.7 Å². The summed E-state index contributed by atoms with van der Waals surface area (Å²) in [4.78, 5) is 31.2. The van der Waals surface area contributed by atoms with E-state index >= 15 is 0 Å². The van der Waals surface area contributed by atoms with Crippen molar-refractivity contribution in [3.8, 4) is 5.75 Å². The zero-order valence-corrected chi connectivity index (χ0v) is 18.2. The maximum absolute atomic E-state index is 12.7. The number of amides is 2. The summed E-state index contributed by atoms with van der Waals surface area (Å²) >= 11 is 19.2. The van der Waals surface area contributed by atoms with Crippen LogP contribution in [0.15, 0.2) is 41.4 Å². The third kappa shape index (κ3) is 4.98. The van der Waals surface area contributed by atoms with Crippen molar-refractivity contribution in [3.63, 3.8) is 0 Å². The molecular formula is C19H16Cl3N3O3S. The van der Waals surface area contributed by atoms with Gasteiger partial charge in [-0.3, -0.25) is 14.5 Å². The lowest BCUT2D eigenvalue weighted by Gasteiger charge is -2.31. The smallest absolute Gasteiger partial charge is 0.238 e. The molecule has 1 saturated heterocycles. The van der Waals surface area contributed by atoms with Crippen molar-refractivity contribution >= 4 is 74.9 Å². The van der Waals surface area contributed by atoms with Crippen molar-refractivity contribution in [2.24, 2.45) is 4.99 Å². The van der Waals surface area contributed by atoms with E-state index in [9.17, 15) is 14.7 Å². The van der Waals surface area contributed by atoms with Gasteiger partial charge in [0.15, 0.2) is 10.9 Å². The molecule has 2 aromatic rings. The van der Waals surface area contributed by atoms with Crippen LogP contribution in [0.25, 0.3) is 0 Å². The van der Waals surface area contributed by atoms with Gasteiger partial charge < -0.3 is 10.4 Å². The summed E-state index contributed by atoms with van der Waals surface area (Å²) in [6, 6.07) is 9.73. The Morgan fingerprint density at radius 3 is 2.52 bits per heavy atom. The van der Waals surface area contributed by atoms with Crippen LogP contribution in [0.5, 0.6) is 5.75 Å². The van der Waals surface area contributed by atoms with E-state index in [2.05, 4.69) is 10.3 Å². The van der Waals surface area contributed by atoms with Gasteiger partial charge in [-0.1, -0.05) is 58.7 Å². The monoisotopic (exact) mass is 471 g/mol. The molecule has 1 unspecified atom stereocenters. The van der Waals surface area contributed by atoms with Crippen molar-refractivity contribution in [1.82, 2.24) is 4.90 Å². The molecule has 3 rings (SSSR count). The molecule has 1 aliphatic rings. The number of hydrogen-bond acceptors (Lipinski definition) is 5. The summed E-state index contributed by atoms with van der Waals surface area (Å²) < 4.78 is 0. The van der Waals surface area contributed by atoms with Gasteiger partial charge in [-0.2, -0.15) is 0 Å². The number of carbonyl (C=O) groups is 2. The van der Waals surface area contributed by atoms with Gasteiger partial charge in [0.1, 0.15) is 5.25 Å². The number of rotatable bonds is 4. The third-order valence-electron chi connectivity index (χ3n) is 4.11. The minimum absolute atomic E-state index is 0.0326. The molecule has 0 aliphatic carbocycles. The van der Waals surface area contributed by atoms with Crippen molar-refractivity contribution in [2.45, 2.75) is 18.6 Å². The summed E-state index contributed by atoms with van der Waals surface area (Å²) in [5.41, 5.74) is 0.833. The lowest BCUT2D eigenvalue weighted by atomic mass is 10.2. The van der Waals surface area contributed by atoms with Crippen LogP contribution in [0.4, 0.5) is 11.4 Å². The Bertz CT molecular complexity index is 977. The summed E-state index contributed by atoms with van der Waals surface area (Å²) in [5, 5.41) is 12.6. The van der Waals surface area contributed by atoms with E-state index in [4.69, 9.17) is 34.8 Å². The molecule has 0 bridgehead atoms. The summed E-state index contributed by atoms with van der Waals surface area (Å²) in [6.07, 6.45) is 0.0326. The Morgan fingerprint density at radius 2 is 1.90 bits per heavy atom. The molecule has 6 nitrogen and oxygen atoms in total. The number of hydrogen-bond donors (Lipinski definition) is 2. The number of amidine groups is 1. The van der Waals surface area contributed by atoms with Crippen molar-refractivity contribution in [2.75, 3.05) is 11.9 Å². The summed E-state index contributed by atoms with van der Waals surface area (Å²) in [5.74, 6) is -0.809. The molecule has 2 N–H and O–H groups in total. The van der Waals surface area contributed by atoms with E-state index in [0.717, 1.165) is 11.8 Å². The zero-order valence-electron chi connectivity index (χ0n) is 15.2. The van der Waals surface area contributed by atoms with Gasteiger partial charge >= 0.3 is 0 Å². The maximum Gasteiger partial charge on any atom is 0.238 e. The first-order chi connectivity index (χ1) is 13.8. The molecule has 1 fully saturated rings. The van der Waals surface area contributed by atoms with E-state index in [1.807, 2.05) is 6.92 Å². The number of thioether (sulfide) groups is 1. The molecule has 0 aromatic heterocycles. The van der Waals surface area contributed by atoms with Gasteiger partial charge in [0.25, 0.3) is 0 Å². The maximum atomic E-state index is 12.7. The number of benzene rings is 2. The standard InChI is InChI=1S/C19H16Cl3N3O3S/c1-2-25-16(26)9-15(18(28)24-14-6-4-3-5-11(14)20)29-19(25)23-10-7-12(21)17(27)13(22)8-10/h3-8,15,27H,2,9H2,1H3,(H,24,28). The predicted molar refractivity (Wildman–Crippen MR) is 119 cm³/mol. The van der Waals surface area contributed by atoms with Crippen LogP contribution in [0, 0.1) is 0 Å². The fourth-order valence-corrected chi connectivity index (χ4v) is 4.48. The highest BCUT2D eigenvalue weighted by molar-refractivity contribution is 8.15. The van der Waals surface area contributed by atoms with Gasteiger partial charge in [-0.05, 0) is 31.2 Å². The molecule has 0 radical (unpaired) electrons. The minimum atomic E-state index is -0.677. The van der Waals surface area contributed by atoms with Crippen LogP contribution in [-0.2, 0) is 9.59 Å². The fourth-order valence-electron chi connectivity index (χ4n) is 2.66. The van der Waals surface area contributed by atoms with Crippen molar-refractivity contribution in [3.05, 3.63) is 51.5 Å². The number of halogens is 3. The summed E-state index contributed by atoms with van der Waals surface area (Å²) in [6.45, 7) is 2.21. The van der Waals surface area contributed by atoms with Crippen LogP contribution in [0.1, 0.15) is 13.3 Å². The van der Waals surface area contributed by atoms with Crippen LogP contribution in [0.2, 0.25) is 15.1 Å². The molecule has 0 spiro atoms. The van der Waals surface area contributed by atoms with Gasteiger partial charge in [0, 0.05) is 13.0 Å². The highest BCUT2D eigenvalue weighted by atomic mass is 35.5. The largest absolute Gasteiger partial charge is 0.505 e. The van der Waals surface area contributed by atoms with Crippen molar-refractivity contribution in [1.29, 1.82) is 0 Å². The van der Waals surface area contributed by atoms with E-state index < -0.39 is 5.25 Å². The molecule has 152 valence electrons. The lowest BCUT2D eigenvalue weighted by Crippen LogP contribution is -2.45. The zero-order chi connectivity index (χ0) is 21.1. The number of anilines is 1. The first-order valence-electron chi connectivity index (χ1n) is 8.59. The number of nitrogens with zero attached hydrogens (tertiary/aromatic N) is 2. The van der Waals surface area contributed by atoms with E-state index in [1.165, 1.54) is 17.0 Å². The Labute approximate surface area is 186 Å². The number of phenolic OH excluding ortho intramolecular Hbond substituents is 1. The fraction of sp³-hybridized carbons (Fsp3) is 0.211. The average molecular weight is 473 g/mol. The lowest BCUT2D eigenvalue weighted by molar-refractivity contribution is -0.129. The number of phenols is 1. The second kappa shape index (κ2) is 9.26. The average Bonchev–Trinajstić information content (AvgIpc) is 2.67. The number of para-hydroxylation sites is 1.